The number of hydrogen-bond donors (Lipinski definition) is 2. The molecule has 0 aliphatic carbocycles. The molecular weight excluding hydrogens is 354 g/mol. The van der Waals surface area contributed by atoms with Gasteiger partial charge in [-0.3, -0.25) is 4.79 Å². The fourth-order valence-corrected chi connectivity index (χ4v) is 3.55. The standard InChI is InChI=1S/C22H23N3O3/c1-27-20-8-7-14(11-21(20)28-2)19-12-17(16-5-3-4-6-18(16)25-19)22(26)24-15-9-10-23-13-15/h3-8,11-12,15,23H,9-10,13H2,1-2H3,(H,24,26). The van der Waals surface area contributed by atoms with Crippen LogP contribution in [0, 0.1) is 0 Å². The first-order chi connectivity index (χ1) is 13.7. The van der Waals surface area contributed by atoms with Crippen molar-refractivity contribution in [3.05, 3.63) is 54.1 Å². The molecule has 1 fully saturated rings. The lowest BCUT2D eigenvalue weighted by molar-refractivity contribution is 0.0941. The smallest absolute Gasteiger partial charge is 0.252 e. The van der Waals surface area contributed by atoms with Crippen molar-refractivity contribution in [2.75, 3.05) is 27.3 Å². The van der Waals surface area contributed by atoms with E-state index in [1.54, 1.807) is 14.2 Å². The second-order valence-electron chi connectivity index (χ2n) is 6.81. The summed E-state index contributed by atoms with van der Waals surface area (Å²) in [6.45, 7) is 1.73. The molecular formula is C22H23N3O3. The highest BCUT2D eigenvalue weighted by atomic mass is 16.5. The Labute approximate surface area is 163 Å². The molecule has 2 heterocycles. The highest BCUT2D eigenvalue weighted by molar-refractivity contribution is 6.07. The molecule has 1 aliphatic rings. The average Bonchev–Trinajstić information content (AvgIpc) is 3.25. The average molecular weight is 377 g/mol. The molecule has 1 amide bonds. The number of nitrogens with one attached hydrogen (secondary N) is 2. The van der Waals surface area contributed by atoms with Gasteiger partial charge in [0.2, 0.25) is 0 Å². The molecule has 0 spiro atoms. The third-order valence-corrected chi connectivity index (χ3v) is 5.04. The lowest BCUT2D eigenvalue weighted by Crippen LogP contribution is -2.36. The summed E-state index contributed by atoms with van der Waals surface area (Å²) >= 11 is 0. The molecule has 0 bridgehead atoms. The number of ether oxygens (including phenoxy) is 2. The number of pyridine rings is 1. The molecule has 4 rings (SSSR count). The number of fused-ring (bicyclic) bond motifs is 1. The summed E-state index contributed by atoms with van der Waals surface area (Å²) < 4.78 is 10.7. The molecule has 1 aromatic heterocycles. The maximum absolute atomic E-state index is 13.0. The van der Waals surface area contributed by atoms with Crippen molar-refractivity contribution in [1.29, 1.82) is 0 Å². The van der Waals surface area contributed by atoms with Crippen LogP contribution in [0.1, 0.15) is 16.8 Å². The van der Waals surface area contributed by atoms with Crippen molar-refractivity contribution in [1.82, 2.24) is 15.6 Å². The molecule has 2 N–H and O–H groups in total. The maximum Gasteiger partial charge on any atom is 0.252 e. The number of benzene rings is 2. The van der Waals surface area contributed by atoms with Crippen LogP contribution in [0.3, 0.4) is 0 Å². The number of aromatic nitrogens is 1. The predicted octanol–water partition coefficient (Wildman–Crippen LogP) is 3.01. The Kier molecular flexibility index (Phi) is 5.12. The number of methoxy groups -OCH3 is 2. The highest BCUT2D eigenvalue weighted by Crippen LogP contribution is 2.33. The Morgan fingerprint density at radius 2 is 1.93 bits per heavy atom. The maximum atomic E-state index is 13.0. The Hall–Kier alpha value is -3.12. The van der Waals surface area contributed by atoms with Crippen LogP contribution in [0.25, 0.3) is 22.2 Å². The Balaban J connectivity index is 1.78. The third kappa shape index (κ3) is 3.51. The van der Waals surface area contributed by atoms with Gasteiger partial charge in [0.25, 0.3) is 5.91 Å². The zero-order chi connectivity index (χ0) is 19.5. The van der Waals surface area contributed by atoms with Gasteiger partial charge in [0, 0.05) is 23.5 Å². The fraction of sp³-hybridized carbons (Fsp3) is 0.273. The van der Waals surface area contributed by atoms with Gasteiger partial charge in [-0.1, -0.05) is 18.2 Å². The lowest BCUT2D eigenvalue weighted by Gasteiger charge is -2.15. The number of nitrogens with zero attached hydrogens (tertiary/aromatic N) is 1. The van der Waals surface area contributed by atoms with Gasteiger partial charge in [0.15, 0.2) is 11.5 Å². The molecule has 3 aromatic rings. The van der Waals surface area contributed by atoms with Gasteiger partial charge < -0.3 is 20.1 Å². The highest BCUT2D eigenvalue weighted by Gasteiger charge is 2.20. The molecule has 1 atom stereocenters. The molecule has 6 heteroatoms. The minimum atomic E-state index is -0.0750. The Morgan fingerprint density at radius 3 is 2.68 bits per heavy atom. The largest absolute Gasteiger partial charge is 0.493 e. The van der Waals surface area contributed by atoms with Crippen LogP contribution in [-0.4, -0.2) is 44.2 Å². The summed E-state index contributed by atoms with van der Waals surface area (Å²) in [7, 11) is 3.20. The third-order valence-electron chi connectivity index (χ3n) is 5.04. The summed E-state index contributed by atoms with van der Waals surface area (Å²) in [5.74, 6) is 1.20. The van der Waals surface area contributed by atoms with Gasteiger partial charge in [-0.15, -0.1) is 0 Å². The number of hydrogen-bond acceptors (Lipinski definition) is 5. The Bertz CT molecular complexity index is 1010. The quantitative estimate of drug-likeness (QED) is 0.715. The van der Waals surface area contributed by atoms with E-state index in [0.29, 0.717) is 22.8 Å². The van der Waals surface area contributed by atoms with Crippen LogP contribution < -0.4 is 20.1 Å². The molecule has 0 saturated carbocycles. The van der Waals surface area contributed by atoms with E-state index >= 15 is 0 Å². The molecule has 2 aromatic carbocycles. The van der Waals surface area contributed by atoms with Gasteiger partial charge >= 0.3 is 0 Å². The van der Waals surface area contributed by atoms with E-state index in [9.17, 15) is 4.79 Å². The summed E-state index contributed by atoms with van der Waals surface area (Å²) in [6.07, 6.45) is 0.942. The number of amides is 1. The molecule has 1 aliphatic heterocycles. The summed E-state index contributed by atoms with van der Waals surface area (Å²) in [5.41, 5.74) is 2.99. The zero-order valence-corrected chi connectivity index (χ0v) is 16.0. The van der Waals surface area contributed by atoms with Crippen LogP contribution in [0.5, 0.6) is 11.5 Å². The molecule has 0 radical (unpaired) electrons. The van der Waals surface area contributed by atoms with E-state index in [1.807, 2.05) is 48.5 Å². The number of carbonyl (C=O) groups is 1. The van der Waals surface area contributed by atoms with Gasteiger partial charge in [-0.05, 0) is 43.3 Å². The summed E-state index contributed by atoms with van der Waals surface area (Å²) in [6, 6.07) is 15.3. The van der Waals surface area contributed by atoms with Crippen molar-refractivity contribution in [3.8, 4) is 22.8 Å². The van der Waals surface area contributed by atoms with Gasteiger partial charge in [-0.2, -0.15) is 0 Å². The number of para-hydroxylation sites is 1. The van der Waals surface area contributed by atoms with Gasteiger partial charge in [-0.25, -0.2) is 4.98 Å². The van der Waals surface area contributed by atoms with Crippen LogP contribution in [0.4, 0.5) is 0 Å². The molecule has 1 unspecified atom stereocenters. The van der Waals surface area contributed by atoms with Crippen molar-refractivity contribution >= 4 is 16.8 Å². The first kappa shape index (κ1) is 18.3. The molecule has 1 saturated heterocycles. The van der Waals surface area contributed by atoms with E-state index < -0.39 is 0 Å². The van der Waals surface area contributed by atoms with Crippen molar-refractivity contribution in [2.24, 2.45) is 0 Å². The monoisotopic (exact) mass is 377 g/mol. The van der Waals surface area contributed by atoms with Crippen molar-refractivity contribution in [3.63, 3.8) is 0 Å². The minimum Gasteiger partial charge on any atom is -0.493 e. The number of carbonyl (C=O) groups excluding carboxylic acids is 1. The van der Waals surface area contributed by atoms with Crippen LogP contribution in [0.15, 0.2) is 48.5 Å². The van der Waals surface area contributed by atoms with Gasteiger partial charge in [0.05, 0.1) is 31.0 Å². The van der Waals surface area contributed by atoms with E-state index in [0.717, 1.165) is 36.0 Å². The van der Waals surface area contributed by atoms with Crippen LogP contribution in [-0.2, 0) is 0 Å². The zero-order valence-electron chi connectivity index (χ0n) is 16.0. The molecule has 144 valence electrons. The molecule has 6 nitrogen and oxygen atoms in total. The summed E-state index contributed by atoms with van der Waals surface area (Å²) in [5, 5.41) is 7.25. The second kappa shape index (κ2) is 7.86. The second-order valence-corrected chi connectivity index (χ2v) is 6.81. The topological polar surface area (TPSA) is 72.5 Å². The van der Waals surface area contributed by atoms with E-state index in [-0.39, 0.29) is 11.9 Å². The van der Waals surface area contributed by atoms with E-state index in [1.165, 1.54) is 0 Å². The minimum absolute atomic E-state index is 0.0750. The first-order valence-electron chi connectivity index (χ1n) is 9.33. The Morgan fingerprint density at radius 1 is 1.11 bits per heavy atom. The molecule has 28 heavy (non-hydrogen) atoms. The fourth-order valence-electron chi connectivity index (χ4n) is 3.55. The van der Waals surface area contributed by atoms with Crippen LogP contribution in [0.2, 0.25) is 0 Å². The SMILES string of the molecule is COc1ccc(-c2cc(C(=O)NC3CCNC3)c3ccccc3n2)cc1OC. The van der Waals surface area contributed by atoms with Crippen molar-refractivity contribution in [2.45, 2.75) is 12.5 Å². The van der Waals surface area contributed by atoms with E-state index in [4.69, 9.17) is 14.5 Å². The first-order valence-corrected chi connectivity index (χ1v) is 9.33. The number of rotatable bonds is 5. The van der Waals surface area contributed by atoms with Gasteiger partial charge in [0.1, 0.15) is 0 Å². The van der Waals surface area contributed by atoms with Crippen LogP contribution >= 0.6 is 0 Å². The van der Waals surface area contributed by atoms with E-state index in [2.05, 4.69) is 10.6 Å². The predicted molar refractivity (Wildman–Crippen MR) is 109 cm³/mol. The normalized spacial score (nSPS) is 16.1. The lowest BCUT2D eigenvalue weighted by atomic mass is 10.0. The summed E-state index contributed by atoms with van der Waals surface area (Å²) in [4.78, 5) is 17.8. The van der Waals surface area contributed by atoms with Crippen molar-refractivity contribution < 1.29 is 14.3 Å².